The first-order valence-electron chi connectivity index (χ1n) is 10.7. The van der Waals surface area contributed by atoms with Gasteiger partial charge in [0, 0.05) is 19.8 Å². The van der Waals surface area contributed by atoms with E-state index in [0.29, 0.717) is 5.56 Å². The van der Waals surface area contributed by atoms with Gasteiger partial charge in [0.2, 0.25) is 23.6 Å². The average Bonchev–Trinajstić information content (AvgIpc) is 2.77. The van der Waals surface area contributed by atoms with Gasteiger partial charge < -0.3 is 36.6 Å². The van der Waals surface area contributed by atoms with Crippen LogP contribution in [-0.2, 0) is 35.2 Å². The minimum Gasteiger partial charge on any atom is -0.481 e. The van der Waals surface area contributed by atoms with Crippen molar-refractivity contribution in [3.8, 4) is 0 Å². The zero-order valence-corrected chi connectivity index (χ0v) is 19.3. The fraction of sp³-hybridized carbons (Fsp3) is 0.455. The molecule has 0 aromatic heterocycles. The zero-order chi connectivity index (χ0) is 26.5. The van der Waals surface area contributed by atoms with Gasteiger partial charge in [-0.25, -0.2) is 0 Å². The Labute approximate surface area is 201 Å². The third-order valence-electron chi connectivity index (χ3n) is 4.73. The van der Waals surface area contributed by atoms with E-state index in [1.54, 1.807) is 30.3 Å². The van der Waals surface area contributed by atoms with Crippen LogP contribution < -0.4 is 21.3 Å². The van der Waals surface area contributed by atoms with Crippen molar-refractivity contribution >= 4 is 35.6 Å². The largest absolute Gasteiger partial charge is 0.481 e. The van der Waals surface area contributed by atoms with Crippen molar-refractivity contribution in [2.75, 3.05) is 6.54 Å². The summed E-state index contributed by atoms with van der Waals surface area (Å²) in [6, 6.07) is 4.47. The van der Waals surface area contributed by atoms with E-state index in [9.17, 15) is 33.9 Å². The van der Waals surface area contributed by atoms with E-state index in [-0.39, 0.29) is 12.8 Å². The molecule has 0 aliphatic heterocycles. The Morgan fingerprint density at radius 2 is 1.46 bits per heavy atom. The summed E-state index contributed by atoms with van der Waals surface area (Å²) in [5.74, 6) is -5.74. The van der Waals surface area contributed by atoms with Crippen LogP contribution in [-0.4, -0.2) is 81.7 Å². The molecule has 0 heterocycles. The maximum absolute atomic E-state index is 12.9. The molecule has 4 amide bonds. The molecule has 0 bridgehead atoms. The summed E-state index contributed by atoms with van der Waals surface area (Å²) < 4.78 is 0. The lowest BCUT2D eigenvalue weighted by atomic mass is 10.0. The summed E-state index contributed by atoms with van der Waals surface area (Å²) in [6.07, 6.45) is -2.14. The fourth-order valence-corrected chi connectivity index (χ4v) is 3.05. The highest BCUT2D eigenvalue weighted by atomic mass is 16.4. The number of hydrogen-bond acceptors (Lipinski definition) is 7. The molecule has 7 N–H and O–H groups in total. The first-order chi connectivity index (χ1) is 16.4. The molecule has 1 aromatic carbocycles. The lowest BCUT2D eigenvalue weighted by Gasteiger charge is -2.26. The first kappa shape index (κ1) is 29.0. The Bertz CT molecular complexity index is 921. The van der Waals surface area contributed by atoms with Crippen LogP contribution in [0.2, 0.25) is 0 Å². The number of rotatable bonds is 14. The van der Waals surface area contributed by atoms with E-state index in [0.717, 1.165) is 6.92 Å². The molecule has 4 atom stereocenters. The number of benzene rings is 1. The van der Waals surface area contributed by atoms with E-state index < -0.39 is 72.8 Å². The van der Waals surface area contributed by atoms with E-state index >= 15 is 0 Å². The van der Waals surface area contributed by atoms with Crippen LogP contribution >= 0.6 is 0 Å². The van der Waals surface area contributed by atoms with Crippen molar-refractivity contribution in [1.29, 1.82) is 0 Å². The lowest BCUT2D eigenvalue weighted by Crippen LogP contribution is -2.60. The van der Waals surface area contributed by atoms with Crippen molar-refractivity contribution in [2.24, 2.45) is 0 Å². The van der Waals surface area contributed by atoms with Gasteiger partial charge in [0.1, 0.15) is 24.7 Å². The number of aliphatic hydroxyl groups is 1. The van der Waals surface area contributed by atoms with E-state index in [1.165, 1.54) is 6.92 Å². The molecule has 0 radical (unpaired) electrons. The van der Waals surface area contributed by atoms with Crippen LogP contribution in [0.1, 0.15) is 32.3 Å². The Hall–Kier alpha value is -4.00. The molecule has 0 fully saturated rings. The van der Waals surface area contributed by atoms with Crippen molar-refractivity contribution in [3.63, 3.8) is 0 Å². The number of nitrogens with one attached hydrogen (secondary N) is 4. The Morgan fingerprint density at radius 3 is 1.97 bits per heavy atom. The summed E-state index contributed by atoms with van der Waals surface area (Å²) in [5, 5.41) is 36.9. The summed E-state index contributed by atoms with van der Waals surface area (Å²) in [4.78, 5) is 71.2. The van der Waals surface area contributed by atoms with E-state index in [2.05, 4.69) is 21.3 Å². The second-order valence-corrected chi connectivity index (χ2v) is 7.77. The highest BCUT2D eigenvalue weighted by Gasteiger charge is 2.32. The Morgan fingerprint density at radius 1 is 0.829 bits per heavy atom. The molecule has 0 saturated carbocycles. The third kappa shape index (κ3) is 11.1. The standard InChI is InChI=1S/C22H30N4O9/c1-12(27)19(26-21(34)15(24-13(2)28)8-9-17(29)30)22(35)25-16(20(33)23-11-18(31)32)10-14-6-4-3-5-7-14/h3-7,12,15-16,19,27H,8-11H2,1-2H3,(H,23,33)(H,24,28)(H,25,35)(H,26,34)(H,29,30)(H,31,32)/t12-,15+,16+,19+/m1/s1. The normalized spacial score (nSPS) is 13.9. The number of hydrogen-bond donors (Lipinski definition) is 7. The average molecular weight is 495 g/mol. The number of carboxylic acids is 2. The van der Waals surface area contributed by atoms with E-state index in [4.69, 9.17) is 10.2 Å². The van der Waals surface area contributed by atoms with E-state index in [1.807, 2.05) is 0 Å². The Balaban J connectivity index is 3.03. The van der Waals surface area contributed by atoms with Crippen LogP contribution in [0, 0.1) is 0 Å². The smallest absolute Gasteiger partial charge is 0.322 e. The van der Waals surface area contributed by atoms with Gasteiger partial charge in [0.25, 0.3) is 0 Å². The lowest BCUT2D eigenvalue weighted by molar-refractivity contribution is -0.139. The summed E-state index contributed by atoms with van der Waals surface area (Å²) in [6.45, 7) is 1.66. The number of aliphatic carboxylic acids is 2. The minimum absolute atomic E-state index is 0.00830. The number of carbonyl (C=O) groups is 6. The predicted octanol–water partition coefficient (Wildman–Crippen LogP) is -1.85. The fourth-order valence-electron chi connectivity index (χ4n) is 3.05. The van der Waals surface area contributed by atoms with Gasteiger partial charge in [-0.15, -0.1) is 0 Å². The maximum Gasteiger partial charge on any atom is 0.322 e. The molecule has 0 saturated heterocycles. The van der Waals surface area contributed by atoms with Gasteiger partial charge in [-0.3, -0.25) is 28.8 Å². The van der Waals surface area contributed by atoms with Crippen molar-refractivity contribution in [3.05, 3.63) is 35.9 Å². The first-order valence-corrected chi connectivity index (χ1v) is 10.7. The van der Waals surface area contributed by atoms with Gasteiger partial charge in [-0.05, 0) is 18.9 Å². The molecule has 0 aliphatic carbocycles. The van der Waals surface area contributed by atoms with Crippen LogP contribution in [0.5, 0.6) is 0 Å². The molecule has 1 rings (SSSR count). The molecule has 13 heteroatoms. The highest BCUT2D eigenvalue weighted by Crippen LogP contribution is 2.06. The molecular weight excluding hydrogens is 464 g/mol. The predicted molar refractivity (Wildman–Crippen MR) is 121 cm³/mol. The van der Waals surface area contributed by atoms with Crippen molar-refractivity contribution in [1.82, 2.24) is 21.3 Å². The number of amides is 4. The van der Waals surface area contributed by atoms with Crippen LogP contribution in [0.25, 0.3) is 0 Å². The van der Waals surface area contributed by atoms with Gasteiger partial charge in [-0.2, -0.15) is 0 Å². The topological polar surface area (TPSA) is 211 Å². The monoisotopic (exact) mass is 494 g/mol. The van der Waals surface area contributed by atoms with Crippen molar-refractivity contribution < 1.29 is 44.1 Å². The second kappa shape index (κ2) is 14.3. The molecule has 0 unspecified atom stereocenters. The van der Waals surface area contributed by atoms with Crippen molar-refractivity contribution in [2.45, 2.75) is 57.3 Å². The number of carboxylic acid groups (broad SMARTS) is 2. The van der Waals surface area contributed by atoms with Gasteiger partial charge >= 0.3 is 11.9 Å². The molecule has 1 aromatic rings. The number of aliphatic hydroxyl groups excluding tert-OH is 1. The minimum atomic E-state index is -1.56. The SMILES string of the molecule is CC(=O)N[C@@H](CCC(=O)O)C(=O)N[C@H](C(=O)N[C@@H](Cc1ccccc1)C(=O)NCC(=O)O)[C@@H](C)O. The quantitative estimate of drug-likeness (QED) is 0.154. The maximum atomic E-state index is 12.9. The third-order valence-corrected chi connectivity index (χ3v) is 4.73. The number of carbonyl (C=O) groups excluding carboxylic acids is 4. The second-order valence-electron chi connectivity index (χ2n) is 7.77. The molecule has 0 spiro atoms. The molecule has 35 heavy (non-hydrogen) atoms. The summed E-state index contributed by atoms with van der Waals surface area (Å²) in [5.41, 5.74) is 0.653. The molecule has 0 aliphatic rings. The summed E-state index contributed by atoms with van der Waals surface area (Å²) in [7, 11) is 0. The van der Waals surface area contributed by atoms with Crippen LogP contribution in [0.4, 0.5) is 0 Å². The molecule has 13 nitrogen and oxygen atoms in total. The molecular formula is C22H30N4O9. The molecule has 192 valence electrons. The van der Waals surface area contributed by atoms with Gasteiger partial charge in [-0.1, -0.05) is 30.3 Å². The van der Waals surface area contributed by atoms with Gasteiger partial charge in [0.15, 0.2) is 0 Å². The van der Waals surface area contributed by atoms with Crippen LogP contribution in [0.15, 0.2) is 30.3 Å². The Kier molecular flexibility index (Phi) is 11.9. The highest BCUT2D eigenvalue weighted by molar-refractivity contribution is 5.95. The van der Waals surface area contributed by atoms with Gasteiger partial charge in [0.05, 0.1) is 6.10 Å². The zero-order valence-electron chi connectivity index (χ0n) is 19.3. The summed E-state index contributed by atoms with van der Waals surface area (Å²) >= 11 is 0. The van der Waals surface area contributed by atoms with Crippen LogP contribution in [0.3, 0.4) is 0 Å².